The number of hydrogen-bond donors (Lipinski definition) is 2. The second kappa shape index (κ2) is 12.3. The molecule has 6 rings (SSSR count). The zero-order valence-electron chi connectivity index (χ0n) is 26.6. The van der Waals surface area contributed by atoms with Gasteiger partial charge in [-0.2, -0.15) is 0 Å². The Bertz CT molecular complexity index is 2070. The van der Waals surface area contributed by atoms with Gasteiger partial charge >= 0.3 is 5.97 Å². The van der Waals surface area contributed by atoms with Gasteiger partial charge in [0.25, 0.3) is 0 Å². The summed E-state index contributed by atoms with van der Waals surface area (Å²) in [5.74, 6) is -0.738. The summed E-state index contributed by atoms with van der Waals surface area (Å²) in [7, 11) is 0. The third-order valence-corrected chi connectivity index (χ3v) is 8.06. The zero-order chi connectivity index (χ0) is 32.1. The van der Waals surface area contributed by atoms with Crippen molar-refractivity contribution in [2.24, 2.45) is 0 Å². The minimum Gasteiger partial charge on any atom is -0.507 e. The fraction of sp³-hybridized carbons (Fsp3) is 0.211. The minimum absolute atomic E-state index is 0. The SMILES string of the molecule is CC(C)(C)c1cc(-c2nc3c(-c4ccnc(C(=O)O)n4)cccc3n2-c2ccccc2-c2ccccc2)c(O)c(C(C)(C)C)c1.[Pt]. The second-order valence-electron chi connectivity index (χ2n) is 13.3. The van der Waals surface area contributed by atoms with E-state index in [4.69, 9.17) is 4.98 Å². The van der Waals surface area contributed by atoms with Gasteiger partial charge in [0.05, 0.1) is 28.0 Å². The number of phenols is 1. The van der Waals surface area contributed by atoms with Crippen LogP contribution >= 0.6 is 0 Å². The fourth-order valence-corrected chi connectivity index (χ4v) is 5.68. The summed E-state index contributed by atoms with van der Waals surface area (Å²) < 4.78 is 2.09. The van der Waals surface area contributed by atoms with Gasteiger partial charge in [0.2, 0.25) is 5.82 Å². The van der Waals surface area contributed by atoms with Crippen LogP contribution in [0.25, 0.3) is 50.5 Å². The Morgan fingerprint density at radius 1 is 0.739 bits per heavy atom. The zero-order valence-corrected chi connectivity index (χ0v) is 28.9. The van der Waals surface area contributed by atoms with Gasteiger partial charge in [-0.05, 0) is 46.2 Å². The van der Waals surface area contributed by atoms with Crippen LogP contribution in [0.3, 0.4) is 0 Å². The number of carbonyl (C=O) groups is 1. The molecule has 0 atom stereocenters. The van der Waals surface area contributed by atoms with Crippen LogP contribution < -0.4 is 0 Å². The monoisotopic (exact) mass is 791 g/mol. The molecule has 0 fully saturated rings. The maximum Gasteiger partial charge on any atom is 0.373 e. The first-order chi connectivity index (χ1) is 21.3. The molecule has 2 N–H and O–H groups in total. The number of aromatic carboxylic acids is 1. The number of imidazole rings is 1. The predicted octanol–water partition coefficient (Wildman–Crippen LogP) is 8.81. The van der Waals surface area contributed by atoms with Crippen molar-refractivity contribution >= 4 is 17.0 Å². The third kappa shape index (κ3) is 6.00. The number of aromatic nitrogens is 4. The summed E-state index contributed by atoms with van der Waals surface area (Å²) in [6.45, 7) is 12.8. The number of carboxylic acid groups (broad SMARTS) is 1. The van der Waals surface area contributed by atoms with Crippen molar-refractivity contribution in [2.75, 3.05) is 0 Å². The molecule has 2 aromatic heterocycles. The summed E-state index contributed by atoms with van der Waals surface area (Å²) in [6, 6.07) is 29.9. The Balaban J connectivity index is 0.00000417. The molecule has 8 heteroatoms. The smallest absolute Gasteiger partial charge is 0.373 e. The van der Waals surface area contributed by atoms with Crippen LogP contribution in [-0.4, -0.2) is 35.7 Å². The average Bonchev–Trinajstić information content (AvgIpc) is 3.40. The van der Waals surface area contributed by atoms with Gasteiger partial charge in [0, 0.05) is 44.0 Å². The van der Waals surface area contributed by atoms with Crippen LogP contribution in [0.1, 0.15) is 63.3 Å². The Labute approximate surface area is 283 Å². The molecular weight excluding hydrogens is 756 g/mol. The molecule has 0 saturated carbocycles. The second-order valence-corrected chi connectivity index (χ2v) is 13.3. The first-order valence-electron chi connectivity index (χ1n) is 15.0. The van der Waals surface area contributed by atoms with Crippen LogP contribution in [0.4, 0.5) is 0 Å². The summed E-state index contributed by atoms with van der Waals surface area (Å²) >= 11 is 0. The maximum atomic E-state index is 12.0. The Morgan fingerprint density at radius 2 is 1.41 bits per heavy atom. The van der Waals surface area contributed by atoms with E-state index in [-0.39, 0.29) is 43.5 Å². The number of fused-ring (bicyclic) bond motifs is 1. The molecule has 46 heavy (non-hydrogen) atoms. The quantitative estimate of drug-likeness (QED) is 0.181. The molecule has 0 bridgehead atoms. The summed E-state index contributed by atoms with van der Waals surface area (Å²) in [4.78, 5) is 25.2. The number of phenolic OH excluding ortho intramolecular Hbond substituents is 1. The molecule has 4 aromatic carbocycles. The van der Waals surface area contributed by atoms with Crippen LogP contribution in [0.5, 0.6) is 5.75 Å². The van der Waals surface area contributed by atoms with Gasteiger partial charge in [0.15, 0.2) is 0 Å². The molecule has 0 radical (unpaired) electrons. The molecule has 7 nitrogen and oxygen atoms in total. The number of carboxylic acids is 1. The van der Waals surface area contributed by atoms with Gasteiger partial charge < -0.3 is 10.2 Å². The average molecular weight is 792 g/mol. The van der Waals surface area contributed by atoms with Gasteiger partial charge in [-0.1, -0.05) is 108 Å². The molecule has 0 aliphatic heterocycles. The van der Waals surface area contributed by atoms with Crippen molar-refractivity contribution in [2.45, 2.75) is 52.4 Å². The fourth-order valence-electron chi connectivity index (χ4n) is 5.68. The molecular formula is C38H36N4O3Pt. The van der Waals surface area contributed by atoms with Crippen LogP contribution in [0, 0.1) is 0 Å². The maximum absolute atomic E-state index is 12.0. The largest absolute Gasteiger partial charge is 0.507 e. The van der Waals surface area contributed by atoms with E-state index in [2.05, 4.69) is 86.4 Å². The minimum atomic E-state index is -1.20. The summed E-state index contributed by atoms with van der Waals surface area (Å²) in [6.07, 6.45) is 1.45. The normalized spacial score (nSPS) is 11.8. The van der Waals surface area contributed by atoms with Crippen LogP contribution in [0.2, 0.25) is 0 Å². The van der Waals surface area contributed by atoms with E-state index in [1.54, 1.807) is 6.07 Å². The van der Waals surface area contributed by atoms with E-state index in [0.29, 0.717) is 28.2 Å². The molecule has 236 valence electrons. The van der Waals surface area contributed by atoms with Gasteiger partial charge in [0.1, 0.15) is 11.6 Å². The third-order valence-electron chi connectivity index (χ3n) is 8.06. The molecule has 0 unspecified atom stereocenters. The van der Waals surface area contributed by atoms with Gasteiger partial charge in [-0.15, -0.1) is 0 Å². The van der Waals surface area contributed by atoms with Crippen molar-refractivity contribution in [3.63, 3.8) is 0 Å². The van der Waals surface area contributed by atoms with E-state index < -0.39 is 5.97 Å². The number of nitrogens with zero attached hydrogens (tertiary/aromatic N) is 4. The van der Waals surface area contributed by atoms with E-state index in [9.17, 15) is 15.0 Å². The molecule has 0 aliphatic rings. The van der Waals surface area contributed by atoms with Crippen molar-refractivity contribution in [3.05, 3.63) is 114 Å². The molecule has 6 aromatic rings. The number of aromatic hydroxyl groups is 1. The van der Waals surface area contributed by atoms with E-state index in [1.807, 2.05) is 54.6 Å². The first kappa shape index (κ1) is 32.8. The standard InChI is InChI=1S/C38H36N4O3.Pt/c1-37(2,3)24-21-27(33(43)28(22-24)38(4,5)6)35-41-32-26(29-19-20-39-34(40-29)36(44)45)16-12-18-31(32)42(35)30-17-11-10-15-25(30)23-13-8-7-9-14-23;/h7-22,43H,1-6H3,(H,44,45);. The van der Waals surface area contributed by atoms with Gasteiger partial charge in [-0.25, -0.2) is 19.7 Å². The van der Waals surface area contributed by atoms with E-state index >= 15 is 0 Å². The number of para-hydroxylation sites is 2. The van der Waals surface area contributed by atoms with Crippen LogP contribution in [-0.2, 0) is 31.9 Å². The van der Waals surface area contributed by atoms with Crippen molar-refractivity contribution in [1.29, 1.82) is 0 Å². The predicted molar refractivity (Wildman–Crippen MR) is 179 cm³/mol. The molecule has 2 heterocycles. The molecule has 0 saturated heterocycles. The van der Waals surface area contributed by atoms with Crippen LogP contribution in [0.15, 0.2) is 97.2 Å². The number of benzene rings is 4. The molecule has 0 spiro atoms. The topological polar surface area (TPSA) is 101 Å². The number of hydrogen-bond acceptors (Lipinski definition) is 5. The summed E-state index contributed by atoms with van der Waals surface area (Å²) in [5, 5.41) is 21.6. The molecule has 0 amide bonds. The van der Waals surface area contributed by atoms with E-state index in [0.717, 1.165) is 33.5 Å². The Kier molecular flexibility index (Phi) is 8.76. The summed E-state index contributed by atoms with van der Waals surface area (Å²) in [5.41, 5.74) is 7.47. The Morgan fingerprint density at radius 3 is 2.09 bits per heavy atom. The number of rotatable bonds is 5. The Hall–Kier alpha value is -4.61. The van der Waals surface area contributed by atoms with Crippen molar-refractivity contribution < 1.29 is 36.1 Å². The molecule has 0 aliphatic carbocycles. The van der Waals surface area contributed by atoms with Gasteiger partial charge in [-0.3, -0.25) is 4.57 Å². The van der Waals surface area contributed by atoms with E-state index in [1.165, 1.54) is 6.20 Å². The van der Waals surface area contributed by atoms with Crippen molar-refractivity contribution in [3.8, 4) is 45.2 Å². The first-order valence-corrected chi connectivity index (χ1v) is 15.0. The van der Waals surface area contributed by atoms with Crippen molar-refractivity contribution in [1.82, 2.24) is 19.5 Å².